The van der Waals surface area contributed by atoms with Gasteiger partial charge in [-0.25, -0.2) is 0 Å². The molecule has 0 saturated heterocycles. The molecule has 2 rings (SSSR count). The van der Waals surface area contributed by atoms with Crippen LogP contribution in [0.25, 0.3) is 0 Å². The number of halogens is 3. The third kappa shape index (κ3) is 3.42. The topological polar surface area (TPSA) is 42.0 Å². The van der Waals surface area contributed by atoms with E-state index >= 15 is 0 Å². The van der Waals surface area contributed by atoms with Gasteiger partial charge in [0.2, 0.25) is 0 Å². The predicted molar refractivity (Wildman–Crippen MR) is 81.6 cm³/mol. The highest BCUT2D eigenvalue weighted by Crippen LogP contribution is 2.26. The highest BCUT2D eigenvalue weighted by Gasteiger charge is 2.16. The van der Waals surface area contributed by atoms with Gasteiger partial charge in [0.05, 0.1) is 16.6 Å². The van der Waals surface area contributed by atoms with Crippen molar-refractivity contribution in [3.05, 3.63) is 62.9 Å². The Morgan fingerprint density at radius 1 is 1.20 bits per heavy atom. The van der Waals surface area contributed by atoms with Crippen LogP contribution in [0.3, 0.4) is 0 Å². The molecule has 3 nitrogen and oxygen atoms in total. The number of amides is 1. The van der Waals surface area contributed by atoms with E-state index in [9.17, 15) is 4.79 Å². The quantitative estimate of drug-likeness (QED) is 0.898. The fourth-order valence-corrected chi connectivity index (χ4v) is 2.51. The van der Waals surface area contributed by atoms with Gasteiger partial charge in [0.25, 0.3) is 5.91 Å². The summed E-state index contributed by atoms with van der Waals surface area (Å²) in [5.41, 5.74) is 1.11. The van der Waals surface area contributed by atoms with Gasteiger partial charge in [-0.3, -0.25) is 9.78 Å². The molecule has 6 heteroatoms. The molecule has 1 N–H and O–H groups in total. The molecule has 0 saturated carbocycles. The Morgan fingerprint density at radius 3 is 2.60 bits per heavy atom. The summed E-state index contributed by atoms with van der Waals surface area (Å²) in [6.07, 6.45) is 2.95. The summed E-state index contributed by atoms with van der Waals surface area (Å²) in [7, 11) is 0. The summed E-state index contributed by atoms with van der Waals surface area (Å²) in [5.74, 6) is -0.304. The van der Waals surface area contributed by atoms with Crippen LogP contribution in [0.5, 0.6) is 0 Å². The van der Waals surface area contributed by atoms with Crippen LogP contribution in [0.1, 0.15) is 28.9 Å². The number of aromatic nitrogens is 1. The maximum absolute atomic E-state index is 12.1. The molecule has 1 heterocycles. The predicted octanol–water partition coefficient (Wildman–Crippen LogP) is 4.53. The van der Waals surface area contributed by atoms with Crippen LogP contribution in [0.4, 0.5) is 0 Å². The minimum absolute atomic E-state index is 0.275. The van der Waals surface area contributed by atoms with Crippen LogP contribution >= 0.6 is 34.8 Å². The van der Waals surface area contributed by atoms with E-state index in [2.05, 4.69) is 10.3 Å². The minimum atomic E-state index is -0.304. The SMILES string of the molecule is CC(NC(=O)c1cnccc1Cl)c1ccc(Cl)cc1Cl. The summed E-state index contributed by atoms with van der Waals surface area (Å²) in [5, 5.41) is 4.23. The van der Waals surface area contributed by atoms with Crippen molar-refractivity contribution < 1.29 is 4.79 Å². The second-order valence-corrected chi connectivity index (χ2v) is 5.47. The molecule has 2 aromatic rings. The van der Waals surface area contributed by atoms with Gasteiger partial charge in [-0.05, 0) is 30.7 Å². The molecule has 1 aromatic carbocycles. The lowest BCUT2D eigenvalue weighted by Crippen LogP contribution is -2.27. The fraction of sp³-hybridized carbons (Fsp3) is 0.143. The molecule has 1 unspecified atom stereocenters. The van der Waals surface area contributed by atoms with Gasteiger partial charge in [0.1, 0.15) is 0 Å². The second kappa shape index (κ2) is 6.44. The maximum atomic E-state index is 12.1. The second-order valence-electron chi connectivity index (χ2n) is 4.22. The number of nitrogens with zero attached hydrogens (tertiary/aromatic N) is 1. The molecule has 1 amide bonds. The zero-order chi connectivity index (χ0) is 14.7. The van der Waals surface area contributed by atoms with Crippen molar-refractivity contribution in [3.63, 3.8) is 0 Å². The van der Waals surface area contributed by atoms with Crippen LogP contribution in [0.2, 0.25) is 15.1 Å². The highest BCUT2D eigenvalue weighted by molar-refractivity contribution is 6.35. The average Bonchev–Trinajstić information content (AvgIpc) is 2.38. The highest BCUT2D eigenvalue weighted by atomic mass is 35.5. The summed E-state index contributed by atoms with van der Waals surface area (Å²) in [4.78, 5) is 16.0. The fourth-order valence-electron chi connectivity index (χ4n) is 1.75. The molecule has 0 bridgehead atoms. The van der Waals surface area contributed by atoms with E-state index in [0.717, 1.165) is 5.56 Å². The van der Waals surface area contributed by atoms with Crippen LogP contribution in [-0.4, -0.2) is 10.9 Å². The van der Waals surface area contributed by atoms with Crippen LogP contribution < -0.4 is 5.32 Å². The van der Waals surface area contributed by atoms with Crippen molar-refractivity contribution in [2.45, 2.75) is 13.0 Å². The van der Waals surface area contributed by atoms with E-state index in [1.807, 2.05) is 6.92 Å². The normalized spacial score (nSPS) is 12.0. The lowest BCUT2D eigenvalue weighted by atomic mass is 10.1. The van der Waals surface area contributed by atoms with Gasteiger partial charge in [-0.1, -0.05) is 40.9 Å². The molecule has 20 heavy (non-hydrogen) atoms. The first-order chi connectivity index (χ1) is 9.49. The third-order valence-electron chi connectivity index (χ3n) is 2.79. The van der Waals surface area contributed by atoms with Crippen molar-refractivity contribution in [2.24, 2.45) is 0 Å². The summed E-state index contributed by atoms with van der Waals surface area (Å²) in [6, 6.07) is 6.43. The third-order valence-corrected chi connectivity index (χ3v) is 3.68. The summed E-state index contributed by atoms with van der Waals surface area (Å²) in [6.45, 7) is 1.83. The zero-order valence-corrected chi connectivity index (χ0v) is 12.8. The van der Waals surface area contributed by atoms with Crippen LogP contribution in [0.15, 0.2) is 36.7 Å². The van der Waals surface area contributed by atoms with Gasteiger partial charge in [-0.2, -0.15) is 0 Å². The first kappa shape index (κ1) is 15.1. The number of pyridine rings is 1. The Kier molecular flexibility index (Phi) is 4.86. The summed E-state index contributed by atoms with van der Waals surface area (Å²) < 4.78 is 0. The van der Waals surface area contributed by atoms with E-state index in [1.165, 1.54) is 12.4 Å². The maximum Gasteiger partial charge on any atom is 0.254 e. The smallest absolute Gasteiger partial charge is 0.254 e. The largest absolute Gasteiger partial charge is 0.345 e. The number of hydrogen-bond donors (Lipinski definition) is 1. The Balaban J connectivity index is 2.17. The number of hydrogen-bond acceptors (Lipinski definition) is 2. The lowest BCUT2D eigenvalue weighted by molar-refractivity contribution is 0.0939. The molecule has 0 radical (unpaired) electrons. The van der Waals surface area contributed by atoms with E-state index in [-0.39, 0.29) is 11.9 Å². The number of rotatable bonds is 3. The van der Waals surface area contributed by atoms with Crippen molar-refractivity contribution in [3.8, 4) is 0 Å². The Hall–Kier alpha value is -1.29. The number of benzene rings is 1. The Labute approximate surface area is 131 Å². The van der Waals surface area contributed by atoms with Gasteiger partial charge >= 0.3 is 0 Å². The lowest BCUT2D eigenvalue weighted by Gasteiger charge is -2.16. The molecule has 104 valence electrons. The van der Waals surface area contributed by atoms with Crippen molar-refractivity contribution in [2.75, 3.05) is 0 Å². The van der Waals surface area contributed by atoms with Crippen LogP contribution in [0, 0.1) is 0 Å². The Bertz CT molecular complexity index is 646. The van der Waals surface area contributed by atoms with Crippen LogP contribution in [-0.2, 0) is 0 Å². The Morgan fingerprint density at radius 2 is 1.95 bits per heavy atom. The molecule has 0 aliphatic rings. The molecule has 1 atom stereocenters. The average molecular weight is 330 g/mol. The monoisotopic (exact) mass is 328 g/mol. The standard InChI is InChI=1S/C14H11Cl3N2O/c1-8(10-3-2-9(15)6-13(10)17)19-14(20)11-7-18-5-4-12(11)16/h2-8H,1H3,(H,19,20). The van der Waals surface area contributed by atoms with Crippen molar-refractivity contribution >= 4 is 40.7 Å². The number of carbonyl (C=O) groups is 1. The van der Waals surface area contributed by atoms with Gasteiger partial charge in [-0.15, -0.1) is 0 Å². The van der Waals surface area contributed by atoms with E-state index in [0.29, 0.717) is 20.6 Å². The van der Waals surface area contributed by atoms with E-state index in [4.69, 9.17) is 34.8 Å². The first-order valence-corrected chi connectivity index (χ1v) is 6.97. The number of carbonyl (C=O) groups excluding carboxylic acids is 1. The molecular weight excluding hydrogens is 319 g/mol. The van der Waals surface area contributed by atoms with Crippen molar-refractivity contribution in [1.29, 1.82) is 0 Å². The molecule has 0 fully saturated rings. The van der Waals surface area contributed by atoms with E-state index < -0.39 is 0 Å². The molecule has 0 spiro atoms. The zero-order valence-electron chi connectivity index (χ0n) is 10.5. The molecule has 0 aliphatic heterocycles. The van der Waals surface area contributed by atoms with Gasteiger partial charge < -0.3 is 5.32 Å². The summed E-state index contributed by atoms with van der Waals surface area (Å²) >= 11 is 17.9. The molecule has 1 aromatic heterocycles. The molecular formula is C14H11Cl3N2O. The first-order valence-electron chi connectivity index (χ1n) is 5.84. The van der Waals surface area contributed by atoms with Gasteiger partial charge in [0, 0.05) is 22.4 Å². The molecule has 0 aliphatic carbocycles. The van der Waals surface area contributed by atoms with E-state index in [1.54, 1.807) is 24.3 Å². The minimum Gasteiger partial charge on any atom is -0.345 e. The number of nitrogens with one attached hydrogen (secondary N) is 1. The van der Waals surface area contributed by atoms with Crippen molar-refractivity contribution in [1.82, 2.24) is 10.3 Å². The van der Waals surface area contributed by atoms with Gasteiger partial charge in [0.15, 0.2) is 0 Å².